The van der Waals surface area contributed by atoms with Crippen molar-refractivity contribution in [3.8, 4) is 5.75 Å². The fourth-order valence-electron chi connectivity index (χ4n) is 2.68. The smallest absolute Gasteiger partial charge is 0.317 e. The van der Waals surface area contributed by atoms with Crippen LogP contribution in [0.25, 0.3) is 0 Å². The lowest BCUT2D eigenvalue weighted by atomic mass is 10.2. The summed E-state index contributed by atoms with van der Waals surface area (Å²) in [4.78, 5) is 45.6. The Morgan fingerprint density at radius 3 is 2.44 bits per heavy atom. The Bertz CT molecular complexity index is 1190. The van der Waals surface area contributed by atoms with Crippen LogP contribution in [0.4, 0.5) is 22.7 Å². The molecule has 0 atom stereocenters. The molecule has 0 unspecified atom stereocenters. The minimum Gasteiger partial charge on any atom is -0.477 e. The summed E-state index contributed by atoms with van der Waals surface area (Å²) in [6, 6.07) is 11.3. The van der Waals surface area contributed by atoms with Gasteiger partial charge in [0.15, 0.2) is 12.4 Å². The molecule has 0 aliphatic heterocycles. The van der Waals surface area contributed by atoms with Gasteiger partial charge in [0.1, 0.15) is 0 Å². The number of anilines is 2. The Morgan fingerprint density at radius 1 is 1.00 bits per heavy atom. The molecule has 3 aromatic rings. The number of carbonyl (C=O) groups is 2. The second-order valence-electron chi connectivity index (χ2n) is 6.48. The number of carbonyl (C=O) groups excluding carboxylic acids is 2. The highest BCUT2D eigenvalue weighted by molar-refractivity contribution is 7.12. The summed E-state index contributed by atoms with van der Waals surface area (Å²) in [5, 5.41) is 29.1. The van der Waals surface area contributed by atoms with Crippen molar-refractivity contribution < 1.29 is 24.2 Å². The molecule has 3 rings (SSSR count). The summed E-state index contributed by atoms with van der Waals surface area (Å²) in [5.74, 6) is -1.27. The van der Waals surface area contributed by atoms with E-state index < -0.39 is 33.7 Å². The zero-order valence-corrected chi connectivity index (χ0v) is 17.4. The third-order valence-electron chi connectivity index (χ3n) is 4.15. The molecule has 0 spiro atoms. The number of nitrogens with one attached hydrogen (secondary N) is 2. The van der Waals surface area contributed by atoms with Gasteiger partial charge in [-0.1, -0.05) is 12.1 Å². The molecule has 0 aliphatic rings. The summed E-state index contributed by atoms with van der Waals surface area (Å²) in [5.41, 5.74) is 0.401. The molecule has 0 saturated carbocycles. The van der Waals surface area contributed by atoms with E-state index in [1.165, 1.54) is 11.3 Å². The average Bonchev–Trinajstić information content (AvgIpc) is 3.29. The highest BCUT2D eigenvalue weighted by Gasteiger charge is 2.21. The number of nitro groups is 2. The van der Waals surface area contributed by atoms with Gasteiger partial charge in [-0.3, -0.25) is 29.8 Å². The van der Waals surface area contributed by atoms with Crippen molar-refractivity contribution in [1.29, 1.82) is 0 Å². The van der Waals surface area contributed by atoms with Gasteiger partial charge in [-0.25, -0.2) is 0 Å². The summed E-state index contributed by atoms with van der Waals surface area (Å²) in [7, 11) is 0. The lowest BCUT2D eigenvalue weighted by molar-refractivity contribution is -0.394. The first-order valence-electron chi connectivity index (χ1n) is 9.05. The van der Waals surface area contributed by atoms with Crippen LogP contribution in [-0.4, -0.2) is 28.3 Å². The fourth-order valence-corrected chi connectivity index (χ4v) is 3.29. The average molecular weight is 456 g/mol. The van der Waals surface area contributed by atoms with Crippen molar-refractivity contribution in [2.75, 3.05) is 17.2 Å². The van der Waals surface area contributed by atoms with Crippen molar-refractivity contribution in [1.82, 2.24) is 0 Å². The topological polar surface area (TPSA) is 154 Å². The number of nitrogens with zero attached hydrogens (tertiary/aromatic N) is 2. The maximum absolute atomic E-state index is 12.4. The Balaban J connectivity index is 1.71. The van der Waals surface area contributed by atoms with Crippen LogP contribution in [0.2, 0.25) is 0 Å². The van der Waals surface area contributed by atoms with Gasteiger partial charge in [0.05, 0.1) is 32.2 Å². The van der Waals surface area contributed by atoms with Crippen LogP contribution in [0.1, 0.15) is 15.2 Å². The first kappa shape index (κ1) is 22.4. The monoisotopic (exact) mass is 456 g/mol. The molecule has 2 amide bonds. The van der Waals surface area contributed by atoms with Gasteiger partial charge in [-0.15, -0.1) is 11.3 Å². The number of non-ortho nitro benzene ring substituents is 1. The van der Waals surface area contributed by atoms with Gasteiger partial charge in [-0.05, 0) is 42.1 Å². The van der Waals surface area contributed by atoms with Crippen LogP contribution in [0.5, 0.6) is 5.75 Å². The maximum Gasteiger partial charge on any atom is 0.317 e. The number of thiophene rings is 1. The standard InChI is InChI=1S/C20H16N4O7S/c1-12-4-6-14(22-20(26)18-3-2-8-32-18)15(9-12)21-19(25)11-31-17-7-5-13(23(27)28)10-16(17)24(29)30/h2-10H,11H2,1H3,(H,21,25)(H,22,26). The number of amides is 2. The van der Waals surface area contributed by atoms with Crippen molar-refractivity contribution >= 4 is 45.9 Å². The van der Waals surface area contributed by atoms with Crippen LogP contribution in [-0.2, 0) is 4.79 Å². The van der Waals surface area contributed by atoms with Crippen LogP contribution in [0, 0.1) is 27.2 Å². The summed E-state index contributed by atoms with van der Waals surface area (Å²) >= 11 is 1.27. The van der Waals surface area contributed by atoms with E-state index in [2.05, 4.69) is 10.6 Å². The molecule has 12 heteroatoms. The van der Waals surface area contributed by atoms with E-state index in [1.54, 1.807) is 42.6 Å². The van der Waals surface area contributed by atoms with E-state index >= 15 is 0 Å². The third-order valence-corrected chi connectivity index (χ3v) is 5.02. The molecule has 0 saturated heterocycles. The van der Waals surface area contributed by atoms with Gasteiger partial charge in [0, 0.05) is 6.07 Å². The molecule has 164 valence electrons. The van der Waals surface area contributed by atoms with E-state index in [4.69, 9.17) is 4.74 Å². The lowest BCUT2D eigenvalue weighted by Crippen LogP contribution is -2.22. The first-order chi connectivity index (χ1) is 15.2. The second kappa shape index (κ2) is 9.66. The van der Waals surface area contributed by atoms with Crippen LogP contribution in [0.15, 0.2) is 53.9 Å². The van der Waals surface area contributed by atoms with Crippen LogP contribution >= 0.6 is 11.3 Å². The van der Waals surface area contributed by atoms with Crippen molar-refractivity contribution in [3.05, 3.63) is 84.6 Å². The molecule has 0 radical (unpaired) electrons. The SMILES string of the molecule is Cc1ccc(NC(=O)c2cccs2)c(NC(=O)COc2ccc([N+](=O)[O-])cc2[N+](=O)[O-])c1. The molecule has 1 aromatic heterocycles. The quantitative estimate of drug-likeness (QED) is 0.381. The number of benzene rings is 2. The summed E-state index contributed by atoms with van der Waals surface area (Å²) in [6.07, 6.45) is 0. The number of aryl methyl sites for hydroxylation is 1. The molecule has 0 aliphatic carbocycles. The van der Waals surface area contributed by atoms with Gasteiger partial charge < -0.3 is 15.4 Å². The van der Waals surface area contributed by atoms with Crippen LogP contribution < -0.4 is 15.4 Å². The molecule has 0 bridgehead atoms. The van der Waals surface area contributed by atoms with E-state index in [0.717, 1.165) is 23.8 Å². The van der Waals surface area contributed by atoms with E-state index in [9.17, 15) is 29.8 Å². The Morgan fingerprint density at radius 2 is 1.78 bits per heavy atom. The molecular formula is C20H16N4O7S. The normalized spacial score (nSPS) is 10.3. The summed E-state index contributed by atoms with van der Waals surface area (Å²) in [6.45, 7) is 1.21. The highest BCUT2D eigenvalue weighted by Crippen LogP contribution is 2.31. The third kappa shape index (κ3) is 5.43. The number of hydrogen-bond donors (Lipinski definition) is 2. The highest BCUT2D eigenvalue weighted by atomic mass is 32.1. The van der Waals surface area contributed by atoms with Gasteiger partial charge in [0.2, 0.25) is 0 Å². The zero-order chi connectivity index (χ0) is 23.3. The first-order valence-corrected chi connectivity index (χ1v) is 9.93. The fraction of sp³-hybridized carbons (Fsp3) is 0.100. The molecule has 1 heterocycles. The summed E-state index contributed by atoms with van der Waals surface area (Å²) < 4.78 is 5.22. The van der Waals surface area contributed by atoms with Crippen LogP contribution in [0.3, 0.4) is 0 Å². The number of ether oxygens (including phenoxy) is 1. The lowest BCUT2D eigenvalue weighted by Gasteiger charge is -2.13. The maximum atomic E-state index is 12.4. The van der Waals surface area contributed by atoms with Crippen molar-refractivity contribution in [2.24, 2.45) is 0 Å². The number of rotatable bonds is 8. The zero-order valence-electron chi connectivity index (χ0n) is 16.6. The molecule has 0 fully saturated rings. The van der Waals surface area contributed by atoms with Gasteiger partial charge in [0.25, 0.3) is 17.5 Å². The van der Waals surface area contributed by atoms with Gasteiger partial charge >= 0.3 is 5.69 Å². The largest absolute Gasteiger partial charge is 0.477 e. The molecule has 2 aromatic carbocycles. The minimum atomic E-state index is -0.834. The number of nitro benzene ring substituents is 2. The second-order valence-corrected chi connectivity index (χ2v) is 7.43. The van der Waals surface area contributed by atoms with E-state index in [-0.39, 0.29) is 11.7 Å². The molecule has 11 nitrogen and oxygen atoms in total. The van der Waals surface area contributed by atoms with Gasteiger partial charge in [-0.2, -0.15) is 0 Å². The molecule has 32 heavy (non-hydrogen) atoms. The van der Waals surface area contributed by atoms with E-state index in [1.807, 2.05) is 0 Å². The van der Waals surface area contributed by atoms with E-state index in [0.29, 0.717) is 16.3 Å². The predicted octanol–water partition coefficient (Wildman–Crippen LogP) is 4.14. The minimum absolute atomic E-state index is 0.286. The molecule has 2 N–H and O–H groups in total. The Hall–Kier alpha value is -4.32. The van der Waals surface area contributed by atoms with Crippen molar-refractivity contribution in [2.45, 2.75) is 6.92 Å². The number of hydrogen-bond acceptors (Lipinski definition) is 8. The Labute approximate surface area is 184 Å². The Kier molecular flexibility index (Phi) is 6.75. The molecular weight excluding hydrogens is 440 g/mol. The van der Waals surface area contributed by atoms with Crippen molar-refractivity contribution in [3.63, 3.8) is 0 Å². The predicted molar refractivity (Wildman–Crippen MR) is 117 cm³/mol.